The Bertz CT molecular complexity index is 708. The van der Waals surface area contributed by atoms with Crippen molar-refractivity contribution in [3.8, 4) is 5.75 Å². The third-order valence-electron chi connectivity index (χ3n) is 3.80. The van der Waals surface area contributed by atoms with Gasteiger partial charge >= 0.3 is 0 Å². The highest BCUT2D eigenvalue weighted by molar-refractivity contribution is 14.0. The van der Waals surface area contributed by atoms with Gasteiger partial charge in [0.25, 0.3) is 0 Å². The molecule has 0 aliphatic heterocycles. The lowest BCUT2D eigenvalue weighted by Crippen LogP contribution is -2.38. The largest absolute Gasteiger partial charge is 0.497 e. The van der Waals surface area contributed by atoms with Gasteiger partial charge in [0.2, 0.25) is 0 Å². The van der Waals surface area contributed by atoms with Crippen LogP contribution in [0.2, 0.25) is 0 Å². The van der Waals surface area contributed by atoms with Gasteiger partial charge in [-0.2, -0.15) is 0 Å². The first-order valence-electron chi connectivity index (χ1n) is 9.02. The molecule has 0 amide bonds. The third kappa shape index (κ3) is 8.04. The lowest BCUT2D eigenvalue weighted by Gasteiger charge is -2.13. The molecule has 2 rings (SSSR count). The van der Waals surface area contributed by atoms with Crippen molar-refractivity contribution in [2.75, 3.05) is 20.2 Å². The molecule has 0 saturated carbocycles. The quantitative estimate of drug-likeness (QED) is 0.336. The molecule has 27 heavy (non-hydrogen) atoms. The van der Waals surface area contributed by atoms with Crippen LogP contribution >= 0.6 is 35.3 Å². The summed E-state index contributed by atoms with van der Waals surface area (Å²) in [7, 11) is 1.68. The molecule has 2 aromatic rings. The average molecular weight is 502 g/mol. The van der Waals surface area contributed by atoms with Crippen LogP contribution in [0.4, 0.5) is 0 Å². The number of ether oxygens (including phenoxy) is 1. The van der Waals surface area contributed by atoms with Gasteiger partial charge in [-0.15, -0.1) is 35.3 Å². The summed E-state index contributed by atoms with van der Waals surface area (Å²) in [5.41, 5.74) is 2.38. The van der Waals surface area contributed by atoms with Crippen LogP contribution in [0.15, 0.2) is 34.6 Å². The minimum Gasteiger partial charge on any atom is -0.497 e. The Balaban J connectivity index is 0.00000364. The molecule has 0 unspecified atom stereocenters. The molecule has 0 aliphatic rings. The third-order valence-corrected chi connectivity index (χ3v) is 5.12. The van der Waals surface area contributed by atoms with Gasteiger partial charge in [0.15, 0.2) is 5.96 Å². The first kappa shape index (κ1) is 23.7. The minimum absolute atomic E-state index is 0. The molecule has 5 nitrogen and oxygen atoms in total. The second-order valence-electron chi connectivity index (χ2n) is 7.11. The van der Waals surface area contributed by atoms with Crippen LogP contribution in [0, 0.1) is 0 Å². The fourth-order valence-corrected chi connectivity index (χ4v) is 3.24. The lowest BCUT2D eigenvalue weighted by atomic mass is 9.98. The zero-order valence-electron chi connectivity index (χ0n) is 16.8. The number of rotatable bonds is 7. The summed E-state index contributed by atoms with van der Waals surface area (Å²) >= 11 is 1.71. The van der Waals surface area contributed by atoms with Crippen LogP contribution in [0.3, 0.4) is 0 Å². The summed E-state index contributed by atoms with van der Waals surface area (Å²) in [6.45, 7) is 10.9. The number of hydrogen-bond acceptors (Lipinski definition) is 4. The van der Waals surface area contributed by atoms with Crippen molar-refractivity contribution in [2.24, 2.45) is 4.99 Å². The number of methoxy groups -OCH3 is 1. The van der Waals surface area contributed by atoms with E-state index in [0.29, 0.717) is 6.54 Å². The smallest absolute Gasteiger partial charge is 0.191 e. The number of thiazole rings is 1. The molecule has 0 aliphatic carbocycles. The molecule has 1 heterocycles. The molecular weight excluding hydrogens is 471 g/mol. The SMILES string of the molecule is CCNC(=NCc1csc(C(C)(C)C)n1)NCCc1ccc(OC)cc1.I. The van der Waals surface area contributed by atoms with Gasteiger partial charge < -0.3 is 15.4 Å². The monoisotopic (exact) mass is 502 g/mol. The first-order chi connectivity index (χ1) is 12.4. The maximum atomic E-state index is 5.19. The molecule has 0 radical (unpaired) electrons. The molecular formula is C20H31IN4OS. The van der Waals surface area contributed by atoms with Crippen molar-refractivity contribution in [1.29, 1.82) is 0 Å². The number of nitrogens with zero attached hydrogens (tertiary/aromatic N) is 2. The highest BCUT2D eigenvalue weighted by Crippen LogP contribution is 2.25. The maximum absolute atomic E-state index is 5.19. The highest BCUT2D eigenvalue weighted by Gasteiger charge is 2.17. The Morgan fingerprint density at radius 1 is 1.19 bits per heavy atom. The van der Waals surface area contributed by atoms with Gasteiger partial charge in [0, 0.05) is 23.9 Å². The first-order valence-corrected chi connectivity index (χ1v) is 9.90. The van der Waals surface area contributed by atoms with E-state index >= 15 is 0 Å². The number of nitrogens with one attached hydrogen (secondary N) is 2. The van der Waals surface area contributed by atoms with Crippen LogP contribution in [-0.4, -0.2) is 31.1 Å². The Labute approximate surface area is 184 Å². The second-order valence-corrected chi connectivity index (χ2v) is 7.97. The number of hydrogen-bond donors (Lipinski definition) is 2. The second kappa shape index (κ2) is 11.5. The van der Waals surface area contributed by atoms with Gasteiger partial charge in [-0.1, -0.05) is 32.9 Å². The summed E-state index contributed by atoms with van der Waals surface area (Å²) in [6.07, 6.45) is 0.930. The Morgan fingerprint density at radius 2 is 1.89 bits per heavy atom. The van der Waals surface area contributed by atoms with Crippen molar-refractivity contribution in [1.82, 2.24) is 15.6 Å². The average Bonchev–Trinajstić information content (AvgIpc) is 3.10. The van der Waals surface area contributed by atoms with E-state index < -0.39 is 0 Å². The molecule has 1 aromatic heterocycles. The molecule has 0 fully saturated rings. The predicted molar refractivity (Wildman–Crippen MR) is 126 cm³/mol. The van der Waals surface area contributed by atoms with Crippen molar-refractivity contribution >= 4 is 41.3 Å². The molecule has 1 aromatic carbocycles. The van der Waals surface area contributed by atoms with E-state index in [-0.39, 0.29) is 29.4 Å². The van der Waals surface area contributed by atoms with Gasteiger partial charge in [0.05, 0.1) is 24.4 Å². The fraction of sp³-hybridized carbons (Fsp3) is 0.500. The minimum atomic E-state index is 0. The zero-order valence-corrected chi connectivity index (χ0v) is 20.0. The standard InChI is InChI=1S/C20H30N4OS.HI/c1-6-21-19(22-12-11-15-7-9-17(25-5)10-8-15)23-13-16-14-26-18(24-16)20(2,3)4;/h7-10,14H,6,11-13H2,1-5H3,(H2,21,22,23);1H. The van der Waals surface area contributed by atoms with Crippen LogP contribution in [-0.2, 0) is 18.4 Å². The number of benzene rings is 1. The van der Waals surface area contributed by atoms with E-state index in [1.807, 2.05) is 12.1 Å². The Kier molecular flexibility index (Phi) is 10.1. The Hall–Kier alpha value is -1.35. The Morgan fingerprint density at radius 3 is 2.44 bits per heavy atom. The van der Waals surface area contributed by atoms with E-state index in [1.54, 1.807) is 18.4 Å². The molecule has 0 atom stereocenters. The molecule has 2 N–H and O–H groups in total. The summed E-state index contributed by atoms with van der Waals surface area (Å²) in [5.74, 6) is 1.71. The molecule has 7 heteroatoms. The maximum Gasteiger partial charge on any atom is 0.191 e. The van der Waals surface area contributed by atoms with E-state index in [2.05, 4.69) is 60.8 Å². The van der Waals surface area contributed by atoms with E-state index in [4.69, 9.17) is 9.72 Å². The number of halogens is 1. The van der Waals surface area contributed by atoms with Gasteiger partial charge in [-0.05, 0) is 31.0 Å². The lowest BCUT2D eigenvalue weighted by molar-refractivity contribution is 0.414. The predicted octanol–water partition coefficient (Wildman–Crippen LogP) is 4.37. The van der Waals surface area contributed by atoms with Crippen molar-refractivity contribution in [2.45, 2.75) is 46.1 Å². The van der Waals surface area contributed by atoms with Crippen molar-refractivity contribution < 1.29 is 4.74 Å². The normalized spacial score (nSPS) is 11.7. The van der Waals surface area contributed by atoms with Crippen LogP contribution in [0.25, 0.3) is 0 Å². The summed E-state index contributed by atoms with van der Waals surface area (Å²) in [6, 6.07) is 8.16. The fourth-order valence-electron chi connectivity index (χ4n) is 2.34. The van der Waals surface area contributed by atoms with Crippen molar-refractivity contribution in [3.63, 3.8) is 0 Å². The van der Waals surface area contributed by atoms with Crippen LogP contribution in [0.1, 0.15) is 44.0 Å². The molecule has 0 saturated heterocycles. The van der Waals surface area contributed by atoms with E-state index in [1.165, 1.54) is 5.56 Å². The van der Waals surface area contributed by atoms with E-state index in [0.717, 1.165) is 41.9 Å². The summed E-state index contributed by atoms with van der Waals surface area (Å²) in [4.78, 5) is 9.36. The van der Waals surface area contributed by atoms with Gasteiger partial charge in [0.1, 0.15) is 5.75 Å². The topological polar surface area (TPSA) is 58.5 Å². The van der Waals surface area contributed by atoms with Crippen LogP contribution in [0.5, 0.6) is 5.75 Å². The number of guanidine groups is 1. The van der Waals surface area contributed by atoms with Gasteiger partial charge in [-0.25, -0.2) is 9.98 Å². The number of aliphatic imine (C=N–C) groups is 1. The van der Waals surface area contributed by atoms with Gasteiger partial charge in [-0.3, -0.25) is 0 Å². The highest BCUT2D eigenvalue weighted by atomic mass is 127. The molecule has 0 bridgehead atoms. The summed E-state index contributed by atoms with van der Waals surface area (Å²) in [5, 5.41) is 9.93. The zero-order chi connectivity index (χ0) is 19.0. The van der Waals surface area contributed by atoms with E-state index in [9.17, 15) is 0 Å². The molecule has 150 valence electrons. The number of aromatic nitrogens is 1. The molecule has 0 spiro atoms. The summed E-state index contributed by atoms with van der Waals surface area (Å²) < 4.78 is 5.19. The van der Waals surface area contributed by atoms with Crippen LogP contribution < -0.4 is 15.4 Å². The van der Waals surface area contributed by atoms with Crippen molar-refractivity contribution in [3.05, 3.63) is 45.9 Å².